The second-order valence-electron chi connectivity index (χ2n) is 5.81. The minimum atomic E-state index is -0.406. The number of nitrogens with zero attached hydrogens (tertiary/aromatic N) is 3. The van der Waals surface area contributed by atoms with Crippen LogP contribution in [-0.4, -0.2) is 27.5 Å². The highest BCUT2D eigenvalue weighted by Crippen LogP contribution is 2.38. The Labute approximate surface area is 136 Å². The molecule has 0 amide bonds. The van der Waals surface area contributed by atoms with Crippen molar-refractivity contribution in [1.82, 2.24) is 15.0 Å². The lowest BCUT2D eigenvalue weighted by molar-refractivity contribution is 0.0520. The van der Waals surface area contributed by atoms with Crippen molar-refractivity contribution in [3.05, 3.63) is 41.7 Å². The smallest absolute Gasteiger partial charge is 0.357 e. The van der Waals surface area contributed by atoms with Gasteiger partial charge in [0.2, 0.25) is 0 Å². The van der Waals surface area contributed by atoms with Crippen LogP contribution in [0.2, 0.25) is 0 Å². The Morgan fingerprint density at radius 3 is 2.52 bits per heavy atom. The Hall–Kier alpha value is -2.30. The molecule has 5 nitrogen and oxygen atoms in total. The zero-order chi connectivity index (χ0) is 16.2. The van der Waals surface area contributed by atoms with Gasteiger partial charge in [0.1, 0.15) is 5.82 Å². The summed E-state index contributed by atoms with van der Waals surface area (Å²) in [7, 11) is 0. The first kappa shape index (κ1) is 15.6. The lowest BCUT2D eigenvalue weighted by Crippen LogP contribution is -2.10. The molecule has 0 bridgehead atoms. The van der Waals surface area contributed by atoms with Crippen molar-refractivity contribution >= 4 is 5.97 Å². The van der Waals surface area contributed by atoms with E-state index in [1.807, 2.05) is 6.07 Å². The number of pyridine rings is 1. The molecular weight excluding hydrogens is 290 g/mol. The van der Waals surface area contributed by atoms with Crippen LogP contribution < -0.4 is 0 Å². The molecule has 0 N–H and O–H groups in total. The fraction of sp³-hybridized carbons (Fsp3) is 0.444. The summed E-state index contributed by atoms with van der Waals surface area (Å²) in [4.78, 5) is 25.4. The van der Waals surface area contributed by atoms with Crippen molar-refractivity contribution in [2.75, 3.05) is 6.61 Å². The molecule has 1 fully saturated rings. The van der Waals surface area contributed by atoms with Gasteiger partial charge in [-0.2, -0.15) is 0 Å². The summed E-state index contributed by atoms with van der Waals surface area (Å²) in [6.07, 6.45) is 9.61. The summed E-state index contributed by atoms with van der Waals surface area (Å²) in [6, 6.07) is 2.00. The van der Waals surface area contributed by atoms with Crippen LogP contribution in [0.15, 0.2) is 24.7 Å². The largest absolute Gasteiger partial charge is 0.461 e. The van der Waals surface area contributed by atoms with Crippen LogP contribution >= 0.6 is 0 Å². The fourth-order valence-electron chi connectivity index (χ4n) is 2.55. The SMILES string of the molecule is CCCc1cnc(C(=O)OCC)c(-c2cnc(C3CC3)nc2)c1. The Morgan fingerprint density at radius 1 is 1.17 bits per heavy atom. The number of carbonyl (C=O) groups is 1. The van der Waals surface area contributed by atoms with E-state index in [0.29, 0.717) is 18.2 Å². The van der Waals surface area contributed by atoms with Crippen molar-refractivity contribution in [3.63, 3.8) is 0 Å². The monoisotopic (exact) mass is 311 g/mol. The maximum absolute atomic E-state index is 12.2. The van der Waals surface area contributed by atoms with Gasteiger partial charge in [-0.3, -0.25) is 0 Å². The summed E-state index contributed by atoms with van der Waals surface area (Å²) in [5.41, 5.74) is 2.98. The Balaban J connectivity index is 1.98. The van der Waals surface area contributed by atoms with E-state index in [0.717, 1.165) is 35.4 Å². The zero-order valence-corrected chi connectivity index (χ0v) is 13.6. The van der Waals surface area contributed by atoms with Crippen LogP contribution in [-0.2, 0) is 11.2 Å². The predicted octanol–water partition coefficient (Wildman–Crippen LogP) is 3.55. The molecule has 5 heteroatoms. The standard InChI is InChI=1S/C18H21N3O2/c1-3-5-12-8-15(16(19-9-12)18(22)23-4-2)14-10-20-17(21-11-14)13-6-7-13/h8-11,13H,3-7H2,1-2H3. The maximum atomic E-state index is 12.2. The topological polar surface area (TPSA) is 65.0 Å². The molecule has 0 spiro atoms. The van der Waals surface area contributed by atoms with E-state index >= 15 is 0 Å². The predicted molar refractivity (Wildman–Crippen MR) is 87.2 cm³/mol. The zero-order valence-electron chi connectivity index (χ0n) is 13.6. The molecule has 23 heavy (non-hydrogen) atoms. The number of hydrogen-bond donors (Lipinski definition) is 0. The number of aryl methyl sites for hydroxylation is 1. The van der Waals surface area contributed by atoms with Gasteiger partial charge < -0.3 is 4.74 Å². The van der Waals surface area contributed by atoms with Gasteiger partial charge in [0.15, 0.2) is 5.69 Å². The molecule has 0 radical (unpaired) electrons. The van der Waals surface area contributed by atoms with Crippen molar-refractivity contribution in [3.8, 4) is 11.1 Å². The molecule has 0 aliphatic heterocycles. The molecule has 2 aromatic rings. The first-order valence-corrected chi connectivity index (χ1v) is 8.21. The van der Waals surface area contributed by atoms with E-state index in [4.69, 9.17) is 4.74 Å². The van der Waals surface area contributed by atoms with E-state index in [1.54, 1.807) is 25.5 Å². The van der Waals surface area contributed by atoms with E-state index < -0.39 is 5.97 Å². The second-order valence-corrected chi connectivity index (χ2v) is 5.81. The third-order valence-electron chi connectivity index (χ3n) is 3.88. The minimum absolute atomic E-state index is 0.327. The van der Waals surface area contributed by atoms with E-state index in [1.165, 1.54) is 12.8 Å². The molecule has 0 atom stereocenters. The molecule has 2 heterocycles. The summed E-state index contributed by atoms with van der Waals surface area (Å²) in [5.74, 6) is 0.999. The number of rotatable bonds is 6. The van der Waals surface area contributed by atoms with Crippen LogP contribution in [0.25, 0.3) is 11.1 Å². The molecular formula is C18H21N3O2. The quantitative estimate of drug-likeness (QED) is 0.763. The van der Waals surface area contributed by atoms with Crippen molar-refractivity contribution in [1.29, 1.82) is 0 Å². The van der Waals surface area contributed by atoms with Crippen molar-refractivity contribution in [2.24, 2.45) is 0 Å². The van der Waals surface area contributed by atoms with Gasteiger partial charge in [-0.25, -0.2) is 19.7 Å². The first-order chi connectivity index (χ1) is 11.2. The van der Waals surface area contributed by atoms with Gasteiger partial charge in [-0.05, 0) is 37.8 Å². The van der Waals surface area contributed by atoms with Crippen LogP contribution in [0.5, 0.6) is 0 Å². The lowest BCUT2D eigenvalue weighted by Gasteiger charge is -2.10. The Kier molecular flexibility index (Phi) is 4.65. The van der Waals surface area contributed by atoms with Gasteiger partial charge >= 0.3 is 5.97 Å². The summed E-state index contributed by atoms with van der Waals surface area (Å²) < 4.78 is 5.12. The van der Waals surface area contributed by atoms with Crippen molar-refractivity contribution in [2.45, 2.75) is 45.4 Å². The molecule has 0 unspecified atom stereocenters. The molecule has 1 aliphatic carbocycles. The van der Waals surface area contributed by atoms with Gasteiger partial charge in [0.25, 0.3) is 0 Å². The Bertz CT molecular complexity index is 694. The molecule has 120 valence electrons. The number of aromatic nitrogens is 3. The van der Waals surface area contributed by atoms with E-state index in [-0.39, 0.29) is 0 Å². The van der Waals surface area contributed by atoms with E-state index in [9.17, 15) is 4.79 Å². The highest BCUT2D eigenvalue weighted by Gasteiger charge is 2.26. The molecule has 2 aromatic heterocycles. The molecule has 0 saturated heterocycles. The summed E-state index contributed by atoms with van der Waals surface area (Å²) in [6.45, 7) is 4.23. The van der Waals surface area contributed by atoms with Crippen LogP contribution in [0.1, 0.15) is 60.9 Å². The molecule has 3 rings (SSSR count). The fourth-order valence-corrected chi connectivity index (χ4v) is 2.55. The van der Waals surface area contributed by atoms with Crippen LogP contribution in [0, 0.1) is 0 Å². The highest BCUT2D eigenvalue weighted by molar-refractivity contribution is 5.95. The number of hydrogen-bond acceptors (Lipinski definition) is 5. The van der Waals surface area contributed by atoms with Crippen LogP contribution in [0.3, 0.4) is 0 Å². The Morgan fingerprint density at radius 2 is 1.91 bits per heavy atom. The first-order valence-electron chi connectivity index (χ1n) is 8.21. The average molecular weight is 311 g/mol. The van der Waals surface area contributed by atoms with Crippen LogP contribution in [0.4, 0.5) is 0 Å². The normalized spacial score (nSPS) is 13.8. The van der Waals surface area contributed by atoms with E-state index in [2.05, 4.69) is 21.9 Å². The average Bonchev–Trinajstić information content (AvgIpc) is 3.40. The van der Waals surface area contributed by atoms with Gasteiger partial charge in [-0.15, -0.1) is 0 Å². The maximum Gasteiger partial charge on any atom is 0.357 e. The summed E-state index contributed by atoms with van der Waals surface area (Å²) in [5, 5.41) is 0. The number of carbonyl (C=O) groups excluding carboxylic acids is 1. The number of esters is 1. The third kappa shape index (κ3) is 3.55. The minimum Gasteiger partial charge on any atom is -0.461 e. The summed E-state index contributed by atoms with van der Waals surface area (Å²) >= 11 is 0. The molecule has 0 aromatic carbocycles. The lowest BCUT2D eigenvalue weighted by atomic mass is 10.0. The van der Waals surface area contributed by atoms with Gasteiger partial charge in [0, 0.05) is 35.6 Å². The van der Waals surface area contributed by atoms with Gasteiger partial charge in [-0.1, -0.05) is 13.3 Å². The van der Waals surface area contributed by atoms with Crippen molar-refractivity contribution < 1.29 is 9.53 Å². The third-order valence-corrected chi connectivity index (χ3v) is 3.88. The molecule has 1 saturated carbocycles. The second kappa shape index (κ2) is 6.86. The number of ether oxygens (including phenoxy) is 1. The molecule has 1 aliphatic rings. The van der Waals surface area contributed by atoms with Gasteiger partial charge in [0.05, 0.1) is 6.61 Å². The highest BCUT2D eigenvalue weighted by atomic mass is 16.5.